The SMILES string of the molecule is COC(=O)c1oc(-c2ccc(F)c(F)c2)nc1C(C)(C)C. The predicted molar refractivity (Wildman–Crippen MR) is 71.9 cm³/mol. The van der Waals surface area contributed by atoms with Crippen molar-refractivity contribution < 1.29 is 22.7 Å². The average Bonchev–Trinajstić information content (AvgIpc) is 2.86. The smallest absolute Gasteiger partial charge is 0.376 e. The van der Waals surface area contributed by atoms with E-state index in [-0.39, 0.29) is 17.2 Å². The van der Waals surface area contributed by atoms with Crippen molar-refractivity contribution >= 4 is 5.97 Å². The Morgan fingerprint density at radius 1 is 1.24 bits per heavy atom. The lowest BCUT2D eigenvalue weighted by molar-refractivity contribution is 0.0562. The minimum Gasteiger partial charge on any atom is -0.463 e. The summed E-state index contributed by atoms with van der Waals surface area (Å²) in [5.41, 5.74) is 0.174. The van der Waals surface area contributed by atoms with Gasteiger partial charge in [-0.05, 0) is 18.2 Å². The molecule has 0 saturated carbocycles. The number of carbonyl (C=O) groups excluding carboxylic acids is 1. The molecule has 1 aromatic heterocycles. The van der Waals surface area contributed by atoms with Crippen molar-refractivity contribution in [3.05, 3.63) is 41.3 Å². The van der Waals surface area contributed by atoms with Crippen molar-refractivity contribution in [3.63, 3.8) is 0 Å². The zero-order valence-corrected chi connectivity index (χ0v) is 12.2. The van der Waals surface area contributed by atoms with Gasteiger partial charge in [-0.15, -0.1) is 0 Å². The number of hydrogen-bond donors (Lipinski definition) is 0. The molecule has 0 amide bonds. The van der Waals surface area contributed by atoms with Gasteiger partial charge < -0.3 is 9.15 Å². The fourth-order valence-corrected chi connectivity index (χ4v) is 1.81. The fraction of sp³-hybridized carbons (Fsp3) is 0.333. The van der Waals surface area contributed by atoms with Gasteiger partial charge in [0.25, 0.3) is 0 Å². The summed E-state index contributed by atoms with van der Waals surface area (Å²) in [6, 6.07) is 3.27. The van der Waals surface area contributed by atoms with E-state index in [9.17, 15) is 13.6 Å². The van der Waals surface area contributed by atoms with Gasteiger partial charge in [0.15, 0.2) is 11.6 Å². The molecule has 0 unspecified atom stereocenters. The Balaban J connectivity index is 2.58. The maximum atomic E-state index is 13.3. The molecule has 6 heteroatoms. The molecule has 1 aromatic carbocycles. The molecule has 0 saturated heterocycles. The summed E-state index contributed by atoms with van der Waals surface area (Å²) < 4.78 is 36.3. The molecule has 0 bridgehead atoms. The molecule has 4 nitrogen and oxygen atoms in total. The van der Waals surface area contributed by atoms with Crippen LogP contribution in [0.4, 0.5) is 8.78 Å². The highest BCUT2D eigenvalue weighted by atomic mass is 19.2. The van der Waals surface area contributed by atoms with E-state index in [0.29, 0.717) is 5.69 Å². The number of rotatable bonds is 2. The summed E-state index contributed by atoms with van der Waals surface area (Å²) in [4.78, 5) is 16.0. The topological polar surface area (TPSA) is 52.3 Å². The summed E-state index contributed by atoms with van der Waals surface area (Å²) in [7, 11) is 1.23. The molecule has 0 N–H and O–H groups in total. The lowest BCUT2D eigenvalue weighted by atomic mass is 9.91. The summed E-state index contributed by atoms with van der Waals surface area (Å²) in [6.45, 7) is 5.56. The van der Waals surface area contributed by atoms with E-state index in [4.69, 9.17) is 4.42 Å². The zero-order valence-electron chi connectivity index (χ0n) is 12.2. The molecule has 0 aliphatic rings. The number of carbonyl (C=O) groups is 1. The third-order valence-electron chi connectivity index (χ3n) is 2.87. The van der Waals surface area contributed by atoms with Crippen molar-refractivity contribution in [2.45, 2.75) is 26.2 Å². The van der Waals surface area contributed by atoms with Crippen LogP contribution in [0.5, 0.6) is 0 Å². The van der Waals surface area contributed by atoms with Gasteiger partial charge in [0.1, 0.15) is 5.69 Å². The van der Waals surface area contributed by atoms with Gasteiger partial charge in [0.2, 0.25) is 11.7 Å². The number of aromatic nitrogens is 1. The van der Waals surface area contributed by atoms with Crippen LogP contribution in [0.15, 0.2) is 22.6 Å². The predicted octanol–water partition coefficient (Wildman–Crippen LogP) is 3.70. The Kier molecular flexibility index (Phi) is 3.80. The second-order valence-corrected chi connectivity index (χ2v) is 5.57. The molecule has 0 aliphatic carbocycles. The van der Waals surface area contributed by atoms with Crippen molar-refractivity contribution in [2.24, 2.45) is 0 Å². The van der Waals surface area contributed by atoms with Gasteiger partial charge in [0.05, 0.1) is 7.11 Å². The fourth-order valence-electron chi connectivity index (χ4n) is 1.81. The molecule has 0 fully saturated rings. The van der Waals surface area contributed by atoms with Crippen LogP contribution in [0.3, 0.4) is 0 Å². The molecular weight excluding hydrogens is 280 g/mol. The average molecular weight is 295 g/mol. The second kappa shape index (κ2) is 5.27. The van der Waals surface area contributed by atoms with Gasteiger partial charge in [-0.1, -0.05) is 20.8 Å². The Morgan fingerprint density at radius 2 is 1.90 bits per heavy atom. The molecule has 0 atom stereocenters. The molecule has 0 spiro atoms. The number of nitrogens with zero attached hydrogens (tertiary/aromatic N) is 1. The molecule has 2 rings (SSSR count). The number of esters is 1. The highest BCUT2D eigenvalue weighted by Gasteiger charge is 2.30. The van der Waals surface area contributed by atoms with E-state index in [1.807, 2.05) is 20.8 Å². The van der Waals surface area contributed by atoms with Gasteiger partial charge in [-0.25, -0.2) is 18.6 Å². The Labute approximate surface area is 120 Å². The maximum absolute atomic E-state index is 13.3. The third kappa shape index (κ3) is 2.94. The number of hydrogen-bond acceptors (Lipinski definition) is 4. The molecule has 2 aromatic rings. The van der Waals surface area contributed by atoms with Crippen LogP contribution in [-0.2, 0) is 10.2 Å². The third-order valence-corrected chi connectivity index (χ3v) is 2.87. The highest BCUT2D eigenvalue weighted by Crippen LogP contribution is 2.31. The number of methoxy groups -OCH3 is 1. The van der Waals surface area contributed by atoms with Crippen LogP contribution in [0.2, 0.25) is 0 Å². The Hall–Kier alpha value is -2.24. The largest absolute Gasteiger partial charge is 0.463 e. The van der Waals surface area contributed by atoms with Gasteiger partial charge in [0, 0.05) is 11.0 Å². The Morgan fingerprint density at radius 3 is 2.43 bits per heavy atom. The van der Waals surface area contributed by atoms with Crippen LogP contribution >= 0.6 is 0 Å². The summed E-state index contributed by atoms with van der Waals surface area (Å²) >= 11 is 0. The van der Waals surface area contributed by atoms with Crippen LogP contribution in [0.1, 0.15) is 37.0 Å². The van der Waals surface area contributed by atoms with Gasteiger partial charge >= 0.3 is 5.97 Å². The van der Waals surface area contributed by atoms with E-state index in [1.54, 1.807) is 0 Å². The first kappa shape index (κ1) is 15.2. The number of benzene rings is 1. The lowest BCUT2D eigenvalue weighted by Gasteiger charge is -2.15. The van der Waals surface area contributed by atoms with Crippen molar-refractivity contribution in [1.29, 1.82) is 0 Å². The Bertz CT molecular complexity index is 687. The van der Waals surface area contributed by atoms with Crippen molar-refractivity contribution in [3.8, 4) is 11.5 Å². The summed E-state index contributed by atoms with van der Waals surface area (Å²) in [5, 5.41) is 0. The first-order chi connectivity index (χ1) is 9.74. The second-order valence-electron chi connectivity index (χ2n) is 5.57. The number of oxazole rings is 1. The molecule has 0 aliphatic heterocycles. The van der Waals surface area contributed by atoms with Crippen LogP contribution in [0, 0.1) is 11.6 Å². The van der Waals surface area contributed by atoms with E-state index in [2.05, 4.69) is 9.72 Å². The molecule has 112 valence electrons. The first-order valence-electron chi connectivity index (χ1n) is 6.29. The molecule has 21 heavy (non-hydrogen) atoms. The molecule has 0 radical (unpaired) electrons. The van der Waals surface area contributed by atoms with Crippen LogP contribution < -0.4 is 0 Å². The normalized spacial score (nSPS) is 11.5. The standard InChI is InChI=1S/C15H15F2NO3/c1-15(2,3)12-11(14(19)20-4)21-13(18-12)8-5-6-9(16)10(17)7-8/h5-7H,1-4H3. The minimum absolute atomic E-state index is 0.0373. The minimum atomic E-state index is -1.01. The van der Waals surface area contributed by atoms with E-state index >= 15 is 0 Å². The van der Waals surface area contributed by atoms with Gasteiger partial charge in [-0.2, -0.15) is 0 Å². The zero-order chi connectivity index (χ0) is 15.8. The lowest BCUT2D eigenvalue weighted by Crippen LogP contribution is -2.17. The number of ether oxygens (including phenoxy) is 1. The van der Waals surface area contributed by atoms with E-state index in [1.165, 1.54) is 13.2 Å². The van der Waals surface area contributed by atoms with Crippen LogP contribution in [-0.4, -0.2) is 18.1 Å². The van der Waals surface area contributed by atoms with Crippen molar-refractivity contribution in [2.75, 3.05) is 7.11 Å². The quantitative estimate of drug-likeness (QED) is 0.793. The highest BCUT2D eigenvalue weighted by molar-refractivity contribution is 5.88. The van der Waals surface area contributed by atoms with E-state index in [0.717, 1.165) is 12.1 Å². The van der Waals surface area contributed by atoms with E-state index < -0.39 is 23.0 Å². The monoisotopic (exact) mass is 295 g/mol. The summed E-state index contributed by atoms with van der Waals surface area (Å²) in [5.74, 6) is -2.64. The van der Waals surface area contributed by atoms with Crippen LogP contribution in [0.25, 0.3) is 11.5 Å². The van der Waals surface area contributed by atoms with Gasteiger partial charge in [-0.3, -0.25) is 0 Å². The molecular formula is C15H15F2NO3. The maximum Gasteiger partial charge on any atom is 0.376 e. The molecule has 1 heterocycles. The number of halogens is 2. The van der Waals surface area contributed by atoms with Crippen molar-refractivity contribution in [1.82, 2.24) is 4.98 Å². The summed E-state index contributed by atoms with van der Waals surface area (Å²) in [6.07, 6.45) is 0. The first-order valence-corrected chi connectivity index (χ1v) is 6.29.